The highest BCUT2D eigenvalue weighted by Crippen LogP contribution is 2.22. The van der Waals surface area contributed by atoms with Crippen molar-refractivity contribution in [2.75, 3.05) is 6.54 Å². The normalized spacial score (nSPS) is 11.2. The lowest BCUT2D eigenvalue weighted by molar-refractivity contribution is 0.0528. The van der Waals surface area contributed by atoms with Crippen LogP contribution in [0.1, 0.15) is 26.3 Å². The molecule has 0 saturated heterocycles. The first-order valence-corrected chi connectivity index (χ1v) is 9.16. The van der Waals surface area contributed by atoms with E-state index in [9.17, 15) is 9.59 Å². The largest absolute Gasteiger partial charge is 0.444 e. The van der Waals surface area contributed by atoms with Crippen molar-refractivity contribution in [2.45, 2.75) is 32.8 Å². The molecular formula is C22H24N2O4. The molecule has 6 heteroatoms. The molecule has 1 amide bonds. The average Bonchev–Trinajstić information content (AvgIpc) is 3.00. The molecule has 3 rings (SSSR count). The molecule has 0 aliphatic rings. The Morgan fingerprint density at radius 1 is 1.00 bits per heavy atom. The molecule has 0 bridgehead atoms. The molecule has 3 aromatic rings. The summed E-state index contributed by atoms with van der Waals surface area (Å²) in [6.07, 6.45) is 1.38. The summed E-state index contributed by atoms with van der Waals surface area (Å²) < 4.78 is 12.2. The third-order valence-electron chi connectivity index (χ3n) is 4.00. The van der Waals surface area contributed by atoms with Gasteiger partial charge in [0.25, 0.3) is 0 Å². The molecule has 0 fully saturated rings. The number of fused-ring (bicyclic) bond motifs is 1. The third kappa shape index (κ3) is 4.91. The topological polar surface area (TPSA) is 69.6 Å². The van der Waals surface area contributed by atoms with Crippen LogP contribution >= 0.6 is 0 Å². The van der Waals surface area contributed by atoms with Gasteiger partial charge in [-0.25, -0.2) is 9.59 Å². The maximum atomic E-state index is 12.6. The van der Waals surface area contributed by atoms with Crippen LogP contribution in [0.4, 0.5) is 9.59 Å². The van der Waals surface area contributed by atoms with E-state index in [0.29, 0.717) is 18.7 Å². The Morgan fingerprint density at radius 2 is 1.68 bits per heavy atom. The Morgan fingerprint density at radius 3 is 2.39 bits per heavy atom. The van der Waals surface area contributed by atoms with Crippen LogP contribution in [0.25, 0.3) is 10.9 Å². The highest BCUT2D eigenvalue weighted by atomic mass is 16.6. The van der Waals surface area contributed by atoms with Crippen LogP contribution in [0.3, 0.4) is 0 Å². The number of carbonyl (C=O) groups is 2. The fourth-order valence-electron chi connectivity index (χ4n) is 2.85. The van der Waals surface area contributed by atoms with E-state index < -0.39 is 17.8 Å². The minimum Gasteiger partial charge on any atom is -0.444 e. The number of ether oxygens (including phenoxy) is 2. The predicted molar refractivity (Wildman–Crippen MR) is 108 cm³/mol. The van der Waals surface area contributed by atoms with Crippen molar-refractivity contribution in [1.82, 2.24) is 9.88 Å². The second-order valence-electron chi connectivity index (χ2n) is 7.40. The van der Waals surface area contributed by atoms with Gasteiger partial charge in [-0.05, 0) is 51.0 Å². The van der Waals surface area contributed by atoms with Gasteiger partial charge in [-0.2, -0.15) is 0 Å². The van der Waals surface area contributed by atoms with Crippen molar-refractivity contribution in [2.24, 2.45) is 0 Å². The monoisotopic (exact) mass is 380 g/mol. The van der Waals surface area contributed by atoms with Crippen molar-refractivity contribution in [1.29, 1.82) is 0 Å². The lowest BCUT2D eigenvalue weighted by atomic mass is 10.1. The Bertz CT molecular complexity index is 971. The van der Waals surface area contributed by atoms with Crippen molar-refractivity contribution in [3.63, 3.8) is 0 Å². The molecule has 1 heterocycles. The van der Waals surface area contributed by atoms with Gasteiger partial charge in [-0.3, -0.25) is 4.57 Å². The Labute approximate surface area is 164 Å². The van der Waals surface area contributed by atoms with Crippen LogP contribution in [-0.4, -0.2) is 28.9 Å². The number of amides is 1. The molecular weight excluding hydrogens is 356 g/mol. The number of carbonyl (C=O) groups excluding carboxylic acids is 2. The van der Waals surface area contributed by atoms with Crippen LogP contribution in [0.15, 0.2) is 60.8 Å². The summed E-state index contributed by atoms with van der Waals surface area (Å²) in [5.74, 6) is 0.485. The number of nitrogens with zero attached hydrogens (tertiary/aromatic N) is 1. The average molecular weight is 380 g/mol. The van der Waals surface area contributed by atoms with E-state index >= 15 is 0 Å². The number of rotatable bonds is 4. The fraction of sp³-hybridized carbons (Fsp3) is 0.273. The summed E-state index contributed by atoms with van der Waals surface area (Å²) >= 11 is 0. The van der Waals surface area contributed by atoms with Crippen LogP contribution in [0.2, 0.25) is 0 Å². The smallest absolute Gasteiger partial charge is 0.423 e. The molecule has 146 valence electrons. The molecule has 1 aromatic heterocycles. The van der Waals surface area contributed by atoms with Gasteiger partial charge in [0.2, 0.25) is 0 Å². The number of hydrogen-bond donors (Lipinski definition) is 1. The van der Waals surface area contributed by atoms with Gasteiger partial charge in [0.05, 0.1) is 5.52 Å². The minimum absolute atomic E-state index is 0.399. The number of para-hydroxylation sites is 2. The molecule has 0 aliphatic carbocycles. The van der Waals surface area contributed by atoms with Crippen molar-refractivity contribution < 1.29 is 19.1 Å². The second-order valence-corrected chi connectivity index (χ2v) is 7.40. The molecule has 2 aromatic carbocycles. The highest BCUT2D eigenvalue weighted by molar-refractivity contribution is 5.92. The van der Waals surface area contributed by atoms with Crippen LogP contribution < -0.4 is 10.1 Å². The molecule has 0 aliphatic heterocycles. The van der Waals surface area contributed by atoms with Gasteiger partial charge in [-0.15, -0.1) is 0 Å². The first-order chi connectivity index (χ1) is 13.3. The van der Waals surface area contributed by atoms with Crippen molar-refractivity contribution in [3.8, 4) is 5.75 Å². The van der Waals surface area contributed by atoms with E-state index in [1.165, 1.54) is 4.57 Å². The fourth-order valence-corrected chi connectivity index (χ4v) is 2.85. The van der Waals surface area contributed by atoms with Crippen LogP contribution in [0, 0.1) is 0 Å². The third-order valence-corrected chi connectivity index (χ3v) is 4.00. The van der Waals surface area contributed by atoms with E-state index in [1.807, 2.05) is 63.2 Å². The quantitative estimate of drug-likeness (QED) is 0.709. The molecule has 0 radical (unpaired) electrons. The van der Waals surface area contributed by atoms with Gasteiger partial charge in [0.15, 0.2) is 0 Å². The Hall–Kier alpha value is -3.28. The van der Waals surface area contributed by atoms with E-state index in [4.69, 9.17) is 9.47 Å². The molecule has 0 saturated carbocycles. The van der Waals surface area contributed by atoms with Gasteiger partial charge in [-0.1, -0.05) is 36.4 Å². The minimum atomic E-state index is -0.540. The molecule has 1 N–H and O–H groups in total. The number of aromatic nitrogens is 1. The summed E-state index contributed by atoms with van der Waals surface area (Å²) in [6.45, 7) is 5.85. The Balaban J connectivity index is 1.73. The van der Waals surface area contributed by atoms with Gasteiger partial charge in [0, 0.05) is 18.1 Å². The van der Waals surface area contributed by atoms with E-state index in [-0.39, 0.29) is 0 Å². The predicted octanol–water partition coefficient (Wildman–Crippen LogP) is 4.76. The second kappa shape index (κ2) is 8.17. The van der Waals surface area contributed by atoms with Gasteiger partial charge < -0.3 is 14.8 Å². The zero-order valence-corrected chi connectivity index (χ0v) is 16.3. The number of benzene rings is 2. The first-order valence-electron chi connectivity index (χ1n) is 9.16. The van der Waals surface area contributed by atoms with Crippen molar-refractivity contribution >= 4 is 23.1 Å². The molecule has 0 spiro atoms. The number of alkyl carbamates (subject to hydrolysis) is 1. The number of nitrogens with one attached hydrogen (secondary N) is 1. The summed E-state index contributed by atoms with van der Waals surface area (Å²) in [5, 5.41) is 3.69. The summed E-state index contributed by atoms with van der Waals surface area (Å²) in [5.41, 5.74) is 1.16. The number of hydrogen-bond acceptors (Lipinski definition) is 4. The van der Waals surface area contributed by atoms with Crippen molar-refractivity contribution in [3.05, 3.63) is 66.4 Å². The maximum Gasteiger partial charge on any atom is 0.423 e. The molecule has 28 heavy (non-hydrogen) atoms. The summed E-state index contributed by atoms with van der Waals surface area (Å²) in [4.78, 5) is 24.4. The zero-order valence-electron chi connectivity index (χ0n) is 16.3. The van der Waals surface area contributed by atoms with Crippen LogP contribution in [0.5, 0.6) is 5.75 Å². The van der Waals surface area contributed by atoms with Crippen LogP contribution in [-0.2, 0) is 11.2 Å². The highest BCUT2D eigenvalue weighted by Gasteiger charge is 2.17. The van der Waals surface area contributed by atoms with Gasteiger partial charge >= 0.3 is 12.2 Å². The SMILES string of the molecule is CC(C)(C)OC(=O)NCCc1cn(C(=O)Oc2ccccc2)c2ccccc12. The van der Waals surface area contributed by atoms with E-state index in [1.54, 1.807) is 18.3 Å². The first kappa shape index (κ1) is 19.5. The molecule has 0 unspecified atom stereocenters. The molecule has 0 atom stereocenters. The molecule has 6 nitrogen and oxygen atoms in total. The van der Waals surface area contributed by atoms with Gasteiger partial charge in [0.1, 0.15) is 11.4 Å². The Kier molecular flexibility index (Phi) is 5.68. The summed E-state index contributed by atoms with van der Waals surface area (Å²) in [6, 6.07) is 16.5. The van der Waals surface area contributed by atoms with E-state index in [0.717, 1.165) is 16.5 Å². The standard InChI is InChI=1S/C22H24N2O4/c1-22(2,3)28-20(25)23-14-13-16-15-24(19-12-8-7-11-18(16)19)21(26)27-17-9-5-4-6-10-17/h4-12,15H,13-14H2,1-3H3,(H,23,25). The zero-order chi connectivity index (χ0) is 20.1. The summed E-state index contributed by atoms with van der Waals surface area (Å²) in [7, 11) is 0. The van der Waals surface area contributed by atoms with E-state index in [2.05, 4.69) is 5.32 Å². The lowest BCUT2D eigenvalue weighted by Crippen LogP contribution is -2.33. The lowest BCUT2D eigenvalue weighted by Gasteiger charge is -2.19. The maximum absolute atomic E-state index is 12.6.